The van der Waals surface area contributed by atoms with Crippen LogP contribution in [0, 0.1) is 6.92 Å². The molecule has 0 atom stereocenters. The molecule has 19 heavy (non-hydrogen) atoms. The number of nitrogens with one attached hydrogen (secondary N) is 1. The normalized spacial score (nSPS) is 10.8. The third-order valence-corrected chi connectivity index (χ3v) is 3.51. The molecule has 0 amide bonds. The summed E-state index contributed by atoms with van der Waals surface area (Å²) < 4.78 is 0. The summed E-state index contributed by atoms with van der Waals surface area (Å²) in [7, 11) is 0. The van der Waals surface area contributed by atoms with E-state index >= 15 is 0 Å². The van der Waals surface area contributed by atoms with E-state index < -0.39 is 0 Å². The molecule has 94 valence electrons. The Morgan fingerprint density at radius 2 is 1.74 bits per heavy atom. The highest BCUT2D eigenvalue weighted by Gasteiger charge is 2.15. The number of Topliss-reactive ketones (excluding diaryl/α,β-unsaturated/α-hetero) is 1. The van der Waals surface area contributed by atoms with Gasteiger partial charge in [-0.3, -0.25) is 4.79 Å². The van der Waals surface area contributed by atoms with Gasteiger partial charge < -0.3 is 4.98 Å². The number of H-pyrrole nitrogens is 1. The highest BCUT2D eigenvalue weighted by molar-refractivity contribution is 6.06. The van der Waals surface area contributed by atoms with Crippen LogP contribution in [0.1, 0.15) is 23.0 Å². The maximum atomic E-state index is 11.8. The fraction of sp³-hybridized carbons (Fsp3) is 0.118. The lowest BCUT2D eigenvalue weighted by Gasteiger charge is -2.07. The first-order chi connectivity index (χ1) is 9.18. The second-order valence-electron chi connectivity index (χ2n) is 4.79. The number of fused-ring (bicyclic) bond motifs is 1. The Bertz CT molecular complexity index is 763. The maximum Gasteiger partial charge on any atom is 0.162 e. The summed E-state index contributed by atoms with van der Waals surface area (Å²) in [6, 6.07) is 14.4. The Morgan fingerprint density at radius 1 is 1.00 bits per heavy atom. The largest absolute Gasteiger partial charge is 0.364 e. The van der Waals surface area contributed by atoms with Gasteiger partial charge in [-0.25, -0.2) is 0 Å². The summed E-state index contributed by atoms with van der Waals surface area (Å²) in [4.78, 5) is 15.0. The molecular formula is C17H15NO. The lowest BCUT2D eigenvalue weighted by Crippen LogP contribution is -1.95. The van der Waals surface area contributed by atoms with Gasteiger partial charge in [-0.1, -0.05) is 42.5 Å². The number of carbonyl (C=O) groups excluding carboxylic acids is 1. The van der Waals surface area contributed by atoms with Gasteiger partial charge in [-0.2, -0.15) is 0 Å². The van der Waals surface area contributed by atoms with Crippen molar-refractivity contribution >= 4 is 16.6 Å². The van der Waals surface area contributed by atoms with Gasteiger partial charge in [-0.05, 0) is 30.2 Å². The van der Waals surface area contributed by atoms with Gasteiger partial charge in [-0.15, -0.1) is 0 Å². The third-order valence-electron chi connectivity index (χ3n) is 3.51. The van der Waals surface area contributed by atoms with Crippen LogP contribution in [0.4, 0.5) is 0 Å². The molecule has 0 aliphatic carbocycles. The number of hydrogen-bond donors (Lipinski definition) is 1. The predicted octanol–water partition coefficient (Wildman–Crippen LogP) is 4.35. The van der Waals surface area contributed by atoms with E-state index in [1.165, 1.54) is 10.8 Å². The Balaban J connectivity index is 2.34. The number of ketones is 1. The molecule has 0 unspecified atom stereocenters. The molecule has 0 radical (unpaired) electrons. The van der Waals surface area contributed by atoms with Crippen molar-refractivity contribution in [2.45, 2.75) is 13.8 Å². The van der Waals surface area contributed by atoms with Crippen LogP contribution in [0.5, 0.6) is 0 Å². The first-order valence-corrected chi connectivity index (χ1v) is 6.35. The topological polar surface area (TPSA) is 32.9 Å². The molecule has 2 aromatic carbocycles. The van der Waals surface area contributed by atoms with E-state index in [1.54, 1.807) is 6.92 Å². The van der Waals surface area contributed by atoms with Crippen molar-refractivity contribution < 1.29 is 4.79 Å². The third kappa shape index (κ3) is 1.85. The van der Waals surface area contributed by atoms with Crippen molar-refractivity contribution in [1.82, 2.24) is 4.98 Å². The first kappa shape index (κ1) is 11.7. The minimum Gasteiger partial charge on any atom is -0.364 e. The van der Waals surface area contributed by atoms with Crippen LogP contribution in [-0.2, 0) is 0 Å². The molecule has 0 spiro atoms. The molecule has 0 bridgehead atoms. The average Bonchev–Trinajstić information content (AvgIpc) is 2.80. The Labute approximate surface area is 112 Å². The summed E-state index contributed by atoms with van der Waals surface area (Å²) in [5, 5.41) is 2.36. The summed E-state index contributed by atoms with van der Waals surface area (Å²) in [5.74, 6) is 0.0988. The maximum absolute atomic E-state index is 11.8. The molecule has 0 aliphatic rings. The van der Waals surface area contributed by atoms with Gasteiger partial charge in [0, 0.05) is 23.0 Å². The minimum absolute atomic E-state index is 0.0988. The van der Waals surface area contributed by atoms with E-state index in [4.69, 9.17) is 0 Å². The summed E-state index contributed by atoms with van der Waals surface area (Å²) in [5.41, 5.74) is 3.81. The van der Waals surface area contributed by atoms with Crippen LogP contribution >= 0.6 is 0 Å². The zero-order valence-corrected chi connectivity index (χ0v) is 11.0. The second-order valence-corrected chi connectivity index (χ2v) is 4.79. The van der Waals surface area contributed by atoms with Crippen molar-refractivity contribution in [2.75, 3.05) is 0 Å². The van der Waals surface area contributed by atoms with Crippen molar-refractivity contribution in [1.29, 1.82) is 0 Å². The molecule has 1 aromatic heterocycles. The van der Waals surface area contributed by atoms with E-state index in [1.807, 2.05) is 31.3 Å². The Hall–Kier alpha value is -2.35. The van der Waals surface area contributed by atoms with Crippen LogP contribution in [0.2, 0.25) is 0 Å². The number of rotatable bonds is 2. The van der Waals surface area contributed by atoms with E-state index in [-0.39, 0.29) is 5.78 Å². The van der Waals surface area contributed by atoms with Crippen molar-refractivity contribution in [2.24, 2.45) is 0 Å². The first-order valence-electron chi connectivity index (χ1n) is 6.35. The molecule has 3 rings (SSSR count). The van der Waals surface area contributed by atoms with E-state index in [2.05, 4.69) is 29.2 Å². The second kappa shape index (κ2) is 4.39. The van der Waals surface area contributed by atoms with Crippen LogP contribution in [0.25, 0.3) is 21.9 Å². The van der Waals surface area contributed by atoms with E-state index in [0.29, 0.717) is 0 Å². The lowest BCUT2D eigenvalue weighted by atomic mass is 9.95. The number of aromatic nitrogens is 1. The summed E-state index contributed by atoms with van der Waals surface area (Å²) in [6.07, 6.45) is 1.92. The van der Waals surface area contributed by atoms with Gasteiger partial charge in [0.25, 0.3) is 0 Å². The highest BCUT2D eigenvalue weighted by Crippen LogP contribution is 2.32. The van der Waals surface area contributed by atoms with Crippen molar-refractivity contribution in [3.05, 3.63) is 59.9 Å². The van der Waals surface area contributed by atoms with Gasteiger partial charge in [0.15, 0.2) is 5.78 Å². The average molecular weight is 249 g/mol. The van der Waals surface area contributed by atoms with Gasteiger partial charge >= 0.3 is 0 Å². The molecular weight excluding hydrogens is 234 g/mol. The van der Waals surface area contributed by atoms with E-state index in [0.717, 1.165) is 22.4 Å². The summed E-state index contributed by atoms with van der Waals surface area (Å²) >= 11 is 0. The van der Waals surface area contributed by atoms with Crippen molar-refractivity contribution in [3.63, 3.8) is 0 Å². The molecule has 3 aromatic rings. The number of aryl methyl sites for hydroxylation is 1. The van der Waals surface area contributed by atoms with Crippen LogP contribution in [0.3, 0.4) is 0 Å². The van der Waals surface area contributed by atoms with Crippen LogP contribution < -0.4 is 0 Å². The zero-order valence-electron chi connectivity index (χ0n) is 11.0. The van der Waals surface area contributed by atoms with Crippen LogP contribution in [-0.4, -0.2) is 10.8 Å². The highest BCUT2D eigenvalue weighted by atomic mass is 16.1. The number of hydrogen-bond acceptors (Lipinski definition) is 1. The molecule has 0 saturated heterocycles. The van der Waals surface area contributed by atoms with Crippen LogP contribution in [0.15, 0.2) is 48.7 Å². The standard InChI is InChI=1S/C17H15NO/c1-11-17(12(2)19)16(10-18-11)15-9-5-7-13-6-3-4-8-14(13)15/h3-10,18H,1-2H3. The SMILES string of the molecule is CC(=O)c1c(-c2cccc3ccccc23)c[nH]c1C. The molecule has 1 heterocycles. The predicted molar refractivity (Wildman–Crippen MR) is 78.5 cm³/mol. The Morgan fingerprint density at radius 3 is 2.53 bits per heavy atom. The molecule has 1 N–H and O–H groups in total. The molecule has 0 aliphatic heterocycles. The molecule has 0 fully saturated rings. The fourth-order valence-corrected chi connectivity index (χ4v) is 2.65. The van der Waals surface area contributed by atoms with Crippen molar-refractivity contribution in [3.8, 4) is 11.1 Å². The zero-order chi connectivity index (χ0) is 13.4. The van der Waals surface area contributed by atoms with E-state index in [9.17, 15) is 4.79 Å². The monoisotopic (exact) mass is 249 g/mol. The quantitative estimate of drug-likeness (QED) is 0.673. The number of aromatic amines is 1. The fourth-order valence-electron chi connectivity index (χ4n) is 2.65. The number of benzene rings is 2. The summed E-state index contributed by atoms with van der Waals surface area (Å²) in [6.45, 7) is 3.55. The minimum atomic E-state index is 0.0988. The Kier molecular flexibility index (Phi) is 2.71. The molecule has 2 heteroatoms. The van der Waals surface area contributed by atoms with Gasteiger partial charge in [0.05, 0.1) is 0 Å². The van der Waals surface area contributed by atoms with Gasteiger partial charge in [0.2, 0.25) is 0 Å². The molecule has 2 nitrogen and oxygen atoms in total. The molecule has 0 saturated carbocycles. The number of carbonyl (C=O) groups is 1. The lowest BCUT2D eigenvalue weighted by molar-refractivity contribution is 0.101. The smallest absolute Gasteiger partial charge is 0.162 e. The van der Waals surface area contributed by atoms with Gasteiger partial charge in [0.1, 0.15) is 0 Å².